The highest BCUT2D eigenvalue weighted by molar-refractivity contribution is 4.84. The average Bonchev–Trinajstić information content (AvgIpc) is 2.30. The molecule has 0 aromatic rings. The molecule has 1 aliphatic rings. The second kappa shape index (κ2) is 7.24. The summed E-state index contributed by atoms with van der Waals surface area (Å²) in [5, 5.41) is 3.63. The van der Waals surface area contributed by atoms with E-state index in [-0.39, 0.29) is 0 Å². The molecule has 0 aromatic carbocycles. The standard InChI is InChI=1S/C13H27NO/c1-4-12(15-3)13(14-5-2)11-9-7-6-8-10-11/h11-14H,4-10H2,1-3H3. The second-order valence-electron chi connectivity index (χ2n) is 4.66. The molecule has 0 amide bonds. The number of hydrogen-bond donors (Lipinski definition) is 1. The van der Waals surface area contributed by atoms with E-state index in [2.05, 4.69) is 19.2 Å². The van der Waals surface area contributed by atoms with Crippen molar-refractivity contribution in [2.75, 3.05) is 13.7 Å². The third-order valence-electron chi connectivity index (χ3n) is 3.70. The lowest BCUT2D eigenvalue weighted by Crippen LogP contribution is -2.46. The predicted octanol–water partition coefficient (Wildman–Crippen LogP) is 2.97. The number of rotatable bonds is 6. The molecule has 0 bridgehead atoms. The molecule has 0 heterocycles. The molecule has 15 heavy (non-hydrogen) atoms. The van der Waals surface area contributed by atoms with Gasteiger partial charge in [-0.15, -0.1) is 0 Å². The van der Waals surface area contributed by atoms with E-state index >= 15 is 0 Å². The first-order chi connectivity index (χ1) is 7.33. The van der Waals surface area contributed by atoms with Gasteiger partial charge in [0, 0.05) is 13.2 Å². The zero-order valence-electron chi connectivity index (χ0n) is 10.6. The maximum absolute atomic E-state index is 5.60. The number of methoxy groups -OCH3 is 1. The molecule has 0 radical (unpaired) electrons. The van der Waals surface area contributed by atoms with Gasteiger partial charge in [-0.1, -0.05) is 33.1 Å². The fraction of sp³-hybridized carbons (Fsp3) is 1.00. The molecule has 1 rings (SSSR count). The van der Waals surface area contributed by atoms with Crippen molar-refractivity contribution in [3.8, 4) is 0 Å². The first-order valence-corrected chi connectivity index (χ1v) is 6.59. The zero-order chi connectivity index (χ0) is 11.1. The number of hydrogen-bond acceptors (Lipinski definition) is 2. The van der Waals surface area contributed by atoms with Gasteiger partial charge < -0.3 is 10.1 Å². The SMILES string of the molecule is CCNC(C1CCCCC1)C(CC)OC. The van der Waals surface area contributed by atoms with Crippen molar-refractivity contribution >= 4 is 0 Å². The quantitative estimate of drug-likeness (QED) is 0.732. The number of nitrogens with one attached hydrogen (secondary N) is 1. The van der Waals surface area contributed by atoms with E-state index in [0.29, 0.717) is 12.1 Å². The Kier molecular flexibility index (Phi) is 6.26. The van der Waals surface area contributed by atoms with Gasteiger partial charge >= 0.3 is 0 Å². The topological polar surface area (TPSA) is 21.3 Å². The van der Waals surface area contributed by atoms with Crippen LogP contribution in [0.2, 0.25) is 0 Å². The lowest BCUT2D eigenvalue weighted by molar-refractivity contribution is 0.0374. The minimum Gasteiger partial charge on any atom is -0.380 e. The molecular formula is C13H27NO. The lowest BCUT2D eigenvalue weighted by Gasteiger charge is -2.35. The van der Waals surface area contributed by atoms with Crippen LogP contribution in [0.25, 0.3) is 0 Å². The van der Waals surface area contributed by atoms with E-state index in [9.17, 15) is 0 Å². The first kappa shape index (κ1) is 13.0. The largest absolute Gasteiger partial charge is 0.380 e. The van der Waals surface area contributed by atoms with Crippen molar-refractivity contribution in [1.82, 2.24) is 5.32 Å². The van der Waals surface area contributed by atoms with E-state index in [1.54, 1.807) is 0 Å². The summed E-state index contributed by atoms with van der Waals surface area (Å²) < 4.78 is 5.60. The Labute approximate surface area is 94.8 Å². The minimum absolute atomic E-state index is 0.396. The molecular weight excluding hydrogens is 186 g/mol. The van der Waals surface area contributed by atoms with Crippen molar-refractivity contribution in [3.63, 3.8) is 0 Å². The Bertz CT molecular complexity index is 151. The van der Waals surface area contributed by atoms with Gasteiger partial charge in [-0.2, -0.15) is 0 Å². The molecule has 0 spiro atoms. The monoisotopic (exact) mass is 213 g/mol. The fourth-order valence-corrected chi connectivity index (χ4v) is 2.90. The van der Waals surface area contributed by atoms with Gasteiger partial charge in [0.25, 0.3) is 0 Å². The van der Waals surface area contributed by atoms with Gasteiger partial charge in [0.05, 0.1) is 6.10 Å². The zero-order valence-corrected chi connectivity index (χ0v) is 10.6. The van der Waals surface area contributed by atoms with E-state index in [4.69, 9.17) is 4.74 Å². The molecule has 90 valence electrons. The molecule has 2 nitrogen and oxygen atoms in total. The third-order valence-corrected chi connectivity index (χ3v) is 3.70. The maximum atomic E-state index is 5.60. The summed E-state index contributed by atoms with van der Waals surface area (Å²) in [4.78, 5) is 0. The summed E-state index contributed by atoms with van der Waals surface area (Å²) in [6.45, 7) is 5.47. The molecule has 2 heteroatoms. The minimum atomic E-state index is 0.396. The molecule has 0 aliphatic heterocycles. The van der Waals surface area contributed by atoms with Crippen molar-refractivity contribution in [1.29, 1.82) is 0 Å². The third kappa shape index (κ3) is 3.76. The molecule has 1 N–H and O–H groups in total. The molecule has 1 fully saturated rings. The maximum Gasteiger partial charge on any atom is 0.0724 e. The molecule has 0 saturated heterocycles. The van der Waals surface area contributed by atoms with E-state index in [1.165, 1.54) is 32.1 Å². The number of likely N-dealkylation sites (N-methyl/N-ethyl adjacent to an activating group) is 1. The average molecular weight is 213 g/mol. The Morgan fingerprint density at radius 1 is 1.20 bits per heavy atom. The molecule has 0 aromatic heterocycles. The molecule has 1 saturated carbocycles. The van der Waals surface area contributed by atoms with Crippen LogP contribution in [0, 0.1) is 5.92 Å². The van der Waals surface area contributed by atoms with Crippen molar-refractivity contribution in [3.05, 3.63) is 0 Å². The van der Waals surface area contributed by atoms with Gasteiger partial charge in [-0.3, -0.25) is 0 Å². The summed E-state index contributed by atoms with van der Waals surface area (Å²) in [5.41, 5.74) is 0. The van der Waals surface area contributed by atoms with E-state index in [1.807, 2.05) is 7.11 Å². The van der Waals surface area contributed by atoms with Crippen LogP contribution >= 0.6 is 0 Å². The summed E-state index contributed by atoms with van der Waals surface area (Å²) in [6.07, 6.45) is 8.53. The highest BCUT2D eigenvalue weighted by Crippen LogP contribution is 2.29. The molecule has 2 atom stereocenters. The van der Waals surface area contributed by atoms with Crippen LogP contribution in [0.5, 0.6) is 0 Å². The van der Waals surface area contributed by atoms with E-state index in [0.717, 1.165) is 18.9 Å². The van der Waals surface area contributed by atoms with Crippen LogP contribution in [0.3, 0.4) is 0 Å². The Hall–Kier alpha value is -0.0800. The van der Waals surface area contributed by atoms with Gasteiger partial charge in [-0.05, 0) is 31.7 Å². The smallest absolute Gasteiger partial charge is 0.0724 e. The second-order valence-corrected chi connectivity index (χ2v) is 4.66. The van der Waals surface area contributed by atoms with Crippen LogP contribution in [-0.4, -0.2) is 25.8 Å². The Balaban J connectivity index is 2.53. The van der Waals surface area contributed by atoms with E-state index < -0.39 is 0 Å². The van der Waals surface area contributed by atoms with Gasteiger partial charge in [0.15, 0.2) is 0 Å². The summed E-state index contributed by atoms with van der Waals surface area (Å²) >= 11 is 0. The highest BCUT2D eigenvalue weighted by Gasteiger charge is 2.28. The first-order valence-electron chi connectivity index (χ1n) is 6.59. The van der Waals surface area contributed by atoms with Crippen molar-refractivity contribution < 1.29 is 4.74 Å². The van der Waals surface area contributed by atoms with Gasteiger partial charge in [-0.25, -0.2) is 0 Å². The Morgan fingerprint density at radius 3 is 2.33 bits per heavy atom. The van der Waals surface area contributed by atoms with Crippen LogP contribution in [0.1, 0.15) is 52.4 Å². The predicted molar refractivity (Wildman–Crippen MR) is 65.1 cm³/mol. The highest BCUT2D eigenvalue weighted by atomic mass is 16.5. The summed E-state index contributed by atoms with van der Waals surface area (Å²) in [6, 6.07) is 0.574. The summed E-state index contributed by atoms with van der Waals surface area (Å²) in [5.74, 6) is 0.837. The fourth-order valence-electron chi connectivity index (χ4n) is 2.90. The van der Waals surface area contributed by atoms with Gasteiger partial charge in [0.2, 0.25) is 0 Å². The normalized spacial score (nSPS) is 22.6. The molecule has 2 unspecified atom stereocenters. The van der Waals surface area contributed by atoms with Gasteiger partial charge in [0.1, 0.15) is 0 Å². The van der Waals surface area contributed by atoms with Crippen LogP contribution in [-0.2, 0) is 4.74 Å². The lowest BCUT2D eigenvalue weighted by atomic mass is 9.81. The van der Waals surface area contributed by atoms with Crippen LogP contribution < -0.4 is 5.32 Å². The van der Waals surface area contributed by atoms with Crippen LogP contribution in [0.15, 0.2) is 0 Å². The van der Waals surface area contributed by atoms with Crippen LogP contribution in [0.4, 0.5) is 0 Å². The Morgan fingerprint density at radius 2 is 1.87 bits per heavy atom. The van der Waals surface area contributed by atoms with Crippen molar-refractivity contribution in [2.24, 2.45) is 5.92 Å². The molecule has 1 aliphatic carbocycles. The summed E-state index contributed by atoms with van der Waals surface area (Å²) in [7, 11) is 1.85. The number of ether oxygens (including phenoxy) is 1. The van der Waals surface area contributed by atoms with Crippen molar-refractivity contribution in [2.45, 2.75) is 64.5 Å².